The molecule has 0 spiro atoms. The SMILES string of the molecule is CCC(C)Cc1cc(-c2ccc[nH]c2=O)cc2c1CC2. The maximum atomic E-state index is 12.0. The Kier molecular flexibility index (Phi) is 3.47. The highest BCUT2D eigenvalue weighted by Gasteiger charge is 2.20. The molecule has 2 aromatic rings. The summed E-state index contributed by atoms with van der Waals surface area (Å²) in [7, 11) is 0. The van der Waals surface area contributed by atoms with Crippen LogP contribution in [-0.2, 0) is 19.3 Å². The number of aromatic nitrogens is 1. The fraction of sp³-hybridized carbons (Fsp3) is 0.389. The average molecular weight is 267 g/mol. The molecular formula is C18H21NO. The van der Waals surface area contributed by atoms with Gasteiger partial charge in [-0.3, -0.25) is 4.79 Å². The number of hydrogen-bond acceptors (Lipinski definition) is 1. The van der Waals surface area contributed by atoms with Crippen molar-refractivity contribution in [2.45, 2.75) is 39.5 Å². The van der Waals surface area contributed by atoms with Crippen LogP contribution < -0.4 is 5.56 Å². The number of benzene rings is 1. The Morgan fingerprint density at radius 3 is 2.80 bits per heavy atom. The first-order valence-electron chi connectivity index (χ1n) is 7.51. The molecule has 2 nitrogen and oxygen atoms in total. The molecule has 1 unspecified atom stereocenters. The normalized spacial score (nSPS) is 14.5. The fourth-order valence-corrected chi connectivity index (χ4v) is 2.93. The summed E-state index contributed by atoms with van der Waals surface area (Å²) in [5, 5.41) is 0. The minimum Gasteiger partial charge on any atom is -0.329 e. The van der Waals surface area contributed by atoms with Crippen molar-refractivity contribution in [3.05, 3.63) is 57.5 Å². The second-order valence-corrected chi connectivity index (χ2v) is 5.90. The highest BCUT2D eigenvalue weighted by molar-refractivity contribution is 5.66. The van der Waals surface area contributed by atoms with Crippen LogP contribution in [0.25, 0.3) is 11.1 Å². The third kappa shape index (κ3) is 2.31. The maximum absolute atomic E-state index is 12.0. The van der Waals surface area contributed by atoms with Crippen molar-refractivity contribution >= 4 is 0 Å². The third-order valence-electron chi connectivity index (χ3n) is 4.47. The van der Waals surface area contributed by atoms with E-state index in [9.17, 15) is 4.79 Å². The molecule has 0 radical (unpaired) electrons. The molecule has 0 aliphatic heterocycles. The third-order valence-corrected chi connectivity index (χ3v) is 4.47. The lowest BCUT2D eigenvalue weighted by Crippen LogP contribution is -2.15. The monoisotopic (exact) mass is 267 g/mol. The molecule has 0 bridgehead atoms. The molecular weight excluding hydrogens is 246 g/mol. The highest BCUT2D eigenvalue weighted by Crippen LogP contribution is 2.33. The molecule has 1 N–H and O–H groups in total. The topological polar surface area (TPSA) is 32.9 Å². The van der Waals surface area contributed by atoms with E-state index in [-0.39, 0.29) is 5.56 Å². The van der Waals surface area contributed by atoms with E-state index in [1.54, 1.807) is 6.20 Å². The van der Waals surface area contributed by atoms with E-state index < -0.39 is 0 Å². The van der Waals surface area contributed by atoms with Gasteiger partial charge in [0.1, 0.15) is 0 Å². The van der Waals surface area contributed by atoms with Crippen molar-refractivity contribution in [1.82, 2.24) is 4.98 Å². The minimum atomic E-state index is 0.00117. The van der Waals surface area contributed by atoms with Gasteiger partial charge in [0, 0.05) is 11.8 Å². The summed E-state index contributed by atoms with van der Waals surface area (Å²) < 4.78 is 0. The molecule has 1 aliphatic carbocycles. The second-order valence-electron chi connectivity index (χ2n) is 5.90. The molecule has 1 aromatic carbocycles. The number of H-pyrrole nitrogens is 1. The summed E-state index contributed by atoms with van der Waals surface area (Å²) in [5.74, 6) is 0.698. The number of nitrogens with one attached hydrogen (secondary N) is 1. The average Bonchev–Trinajstić information content (AvgIpc) is 2.41. The summed E-state index contributed by atoms with van der Waals surface area (Å²) in [6.07, 6.45) is 6.36. The quantitative estimate of drug-likeness (QED) is 0.899. The largest absolute Gasteiger partial charge is 0.329 e. The van der Waals surface area contributed by atoms with Gasteiger partial charge in [0.15, 0.2) is 0 Å². The molecule has 3 rings (SSSR count). The van der Waals surface area contributed by atoms with Crippen molar-refractivity contribution in [3.8, 4) is 11.1 Å². The minimum absolute atomic E-state index is 0.00117. The van der Waals surface area contributed by atoms with Crippen LogP contribution in [0.4, 0.5) is 0 Å². The number of rotatable bonds is 4. The van der Waals surface area contributed by atoms with Gasteiger partial charge in [-0.05, 0) is 59.6 Å². The first kappa shape index (κ1) is 13.2. The second kappa shape index (κ2) is 5.28. The Morgan fingerprint density at radius 2 is 2.15 bits per heavy atom. The maximum Gasteiger partial charge on any atom is 0.255 e. The summed E-state index contributed by atoms with van der Waals surface area (Å²) in [6.45, 7) is 4.54. The van der Waals surface area contributed by atoms with Gasteiger partial charge in [-0.2, -0.15) is 0 Å². The van der Waals surface area contributed by atoms with Gasteiger partial charge in [-0.1, -0.05) is 32.4 Å². The standard InChI is InChI=1S/C18H21NO/c1-3-12(2)9-14-11-15(10-13-6-7-16(13)14)17-5-4-8-19-18(17)20/h4-5,8,10-12H,3,6-7,9H2,1-2H3,(H,19,20). The van der Waals surface area contributed by atoms with Crippen LogP contribution in [0, 0.1) is 5.92 Å². The van der Waals surface area contributed by atoms with Crippen molar-refractivity contribution in [2.24, 2.45) is 5.92 Å². The van der Waals surface area contributed by atoms with Crippen LogP contribution in [0.1, 0.15) is 37.0 Å². The lowest BCUT2D eigenvalue weighted by Gasteiger charge is -2.25. The van der Waals surface area contributed by atoms with Gasteiger partial charge in [-0.25, -0.2) is 0 Å². The predicted octanol–water partition coefficient (Wildman–Crippen LogP) is 3.73. The number of pyridine rings is 1. The Morgan fingerprint density at radius 1 is 1.30 bits per heavy atom. The van der Waals surface area contributed by atoms with Gasteiger partial charge in [-0.15, -0.1) is 0 Å². The number of hydrogen-bond donors (Lipinski definition) is 1. The Balaban J connectivity index is 2.06. The molecule has 1 heterocycles. The molecule has 0 saturated heterocycles. The molecule has 1 atom stereocenters. The van der Waals surface area contributed by atoms with Gasteiger partial charge >= 0.3 is 0 Å². The predicted molar refractivity (Wildman–Crippen MR) is 83.1 cm³/mol. The summed E-state index contributed by atoms with van der Waals surface area (Å²) in [4.78, 5) is 14.7. The Bertz CT molecular complexity index is 684. The highest BCUT2D eigenvalue weighted by atomic mass is 16.1. The molecule has 20 heavy (non-hydrogen) atoms. The van der Waals surface area contributed by atoms with Crippen LogP contribution in [0.3, 0.4) is 0 Å². The van der Waals surface area contributed by atoms with E-state index in [4.69, 9.17) is 0 Å². The number of aryl methyl sites for hydroxylation is 1. The Hall–Kier alpha value is -1.83. The number of aromatic amines is 1. The van der Waals surface area contributed by atoms with Gasteiger partial charge in [0.25, 0.3) is 5.56 Å². The first-order chi connectivity index (χ1) is 9.69. The molecule has 0 fully saturated rings. The van der Waals surface area contributed by atoms with Gasteiger partial charge < -0.3 is 4.98 Å². The molecule has 1 aromatic heterocycles. The van der Waals surface area contributed by atoms with Gasteiger partial charge in [0.2, 0.25) is 0 Å². The molecule has 104 valence electrons. The van der Waals surface area contributed by atoms with Crippen LogP contribution in [0.2, 0.25) is 0 Å². The lowest BCUT2D eigenvalue weighted by atomic mass is 9.79. The first-order valence-corrected chi connectivity index (χ1v) is 7.51. The van der Waals surface area contributed by atoms with Gasteiger partial charge in [0.05, 0.1) is 0 Å². The van der Waals surface area contributed by atoms with E-state index >= 15 is 0 Å². The van der Waals surface area contributed by atoms with Crippen LogP contribution in [0.15, 0.2) is 35.3 Å². The summed E-state index contributed by atoms with van der Waals surface area (Å²) in [6, 6.07) is 8.23. The van der Waals surface area contributed by atoms with Crippen LogP contribution in [-0.4, -0.2) is 4.98 Å². The smallest absolute Gasteiger partial charge is 0.255 e. The van der Waals surface area contributed by atoms with Crippen molar-refractivity contribution < 1.29 is 0 Å². The summed E-state index contributed by atoms with van der Waals surface area (Å²) in [5.41, 5.74) is 6.27. The van der Waals surface area contributed by atoms with E-state index in [1.807, 2.05) is 12.1 Å². The molecule has 1 aliphatic rings. The fourth-order valence-electron chi connectivity index (χ4n) is 2.93. The van der Waals surface area contributed by atoms with Crippen LogP contribution in [0.5, 0.6) is 0 Å². The van der Waals surface area contributed by atoms with E-state index in [2.05, 4.69) is 31.0 Å². The lowest BCUT2D eigenvalue weighted by molar-refractivity contribution is 0.554. The zero-order valence-corrected chi connectivity index (χ0v) is 12.2. The van der Waals surface area contributed by atoms with Crippen LogP contribution >= 0.6 is 0 Å². The zero-order chi connectivity index (χ0) is 14.1. The van der Waals surface area contributed by atoms with Crippen molar-refractivity contribution in [3.63, 3.8) is 0 Å². The molecule has 2 heteroatoms. The number of fused-ring (bicyclic) bond motifs is 1. The van der Waals surface area contributed by atoms with Crippen molar-refractivity contribution in [1.29, 1.82) is 0 Å². The van der Waals surface area contributed by atoms with Crippen molar-refractivity contribution in [2.75, 3.05) is 0 Å². The molecule has 0 saturated carbocycles. The zero-order valence-electron chi connectivity index (χ0n) is 12.2. The Labute approximate surface area is 119 Å². The molecule has 0 amide bonds. The van der Waals surface area contributed by atoms with E-state index in [1.165, 1.54) is 29.5 Å². The van der Waals surface area contributed by atoms with E-state index in [0.29, 0.717) is 5.92 Å². The summed E-state index contributed by atoms with van der Waals surface area (Å²) >= 11 is 0. The van der Waals surface area contributed by atoms with E-state index in [0.717, 1.165) is 24.0 Å².